The zero-order chi connectivity index (χ0) is 22.6. The van der Waals surface area contributed by atoms with Gasteiger partial charge in [-0.05, 0) is 23.6 Å². The van der Waals surface area contributed by atoms with Crippen molar-refractivity contribution < 1.29 is 29.0 Å². The molecule has 0 saturated heterocycles. The lowest BCUT2D eigenvalue weighted by molar-refractivity contribution is -0.145. The second kappa shape index (κ2) is 12.3. The molecule has 31 heavy (non-hydrogen) atoms. The average molecular weight is 428 g/mol. The van der Waals surface area contributed by atoms with E-state index in [1.807, 2.05) is 61.5 Å². The Morgan fingerprint density at radius 1 is 1.03 bits per heavy atom. The molecule has 0 heterocycles. The fourth-order valence-corrected chi connectivity index (χ4v) is 2.91. The van der Waals surface area contributed by atoms with E-state index in [-0.39, 0.29) is 26.0 Å². The van der Waals surface area contributed by atoms with Gasteiger partial charge in [0.15, 0.2) is 0 Å². The van der Waals surface area contributed by atoms with E-state index in [0.29, 0.717) is 0 Å². The third-order valence-corrected chi connectivity index (χ3v) is 4.62. The molecule has 2 amide bonds. The molecule has 0 aromatic heterocycles. The van der Waals surface area contributed by atoms with Crippen LogP contribution in [0.15, 0.2) is 54.6 Å². The van der Waals surface area contributed by atoms with Crippen LogP contribution in [0.5, 0.6) is 0 Å². The normalized spacial score (nSPS) is 12.4. The van der Waals surface area contributed by atoms with E-state index < -0.39 is 30.1 Å². The summed E-state index contributed by atoms with van der Waals surface area (Å²) in [6, 6.07) is 15.8. The monoisotopic (exact) mass is 428 g/mol. The van der Waals surface area contributed by atoms with Crippen molar-refractivity contribution in [2.45, 2.75) is 38.5 Å². The van der Waals surface area contributed by atoms with Crippen molar-refractivity contribution in [3.8, 4) is 0 Å². The lowest BCUT2D eigenvalue weighted by Gasteiger charge is -2.19. The summed E-state index contributed by atoms with van der Waals surface area (Å²) in [5, 5.41) is 15.0. The van der Waals surface area contributed by atoms with Gasteiger partial charge in [-0.2, -0.15) is 0 Å². The number of esters is 1. The van der Waals surface area contributed by atoms with Crippen LogP contribution >= 0.6 is 0 Å². The topological polar surface area (TPSA) is 114 Å². The highest BCUT2D eigenvalue weighted by atomic mass is 16.5. The lowest BCUT2D eigenvalue weighted by Crippen LogP contribution is -2.45. The molecule has 0 aliphatic heterocycles. The molecule has 166 valence electrons. The van der Waals surface area contributed by atoms with Gasteiger partial charge in [-0.15, -0.1) is 0 Å². The fourth-order valence-electron chi connectivity index (χ4n) is 2.91. The number of rotatable bonds is 10. The number of ether oxygens (including phenoxy) is 2. The molecule has 2 aromatic carbocycles. The minimum absolute atomic E-state index is 0.100. The Balaban J connectivity index is 1.78. The van der Waals surface area contributed by atoms with Crippen LogP contribution in [0.1, 0.15) is 23.1 Å². The molecule has 8 heteroatoms. The van der Waals surface area contributed by atoms with Crippen molar-refractivity contribution >= 4 is 18.0 Å². The first kappa shape index (κ1) is 23.9. The molecule has 2 aromatic rings. The molecular formula is C23H28N2O6. The summed E-state index contributed by atoms with van der Waals surface area (Å²) >= 11 is 0. The van der Waals surface area contributed by atoms with E-state index in [0.717, 1.165) is 16.7 Å². The number of aliphatic hydroxyl groups is 1. The lowest BCUT2D eigenvalue weighted by atomic mass is 10.0. The fraction of sp³-hybridized carbons (Fsp3) is 0.348. The van der Waals surface area contributed by atoms with Gasteiger partial charge in [0.1, 0.15) is 12.6 Å². The first-order chi connectivity index (χ1) is 14.9. The van der Waals surface area contributed by atoms with Crippen molar-refractivity contribution in [3.05, 3.63) is 71.3 Å². The number of amides is 2. The average Bonchev–Trinajstić information content (AvgIpc) is 2.77. The van der Waals surface area contributed by atoms with E-state index in [2.05, 4.69) is 10.6 Å². The van der Waals surface area contributed by atoms with Gasteiger partial charge in [0.05, 0.1) is 19.6 Å². The van der Waals surface area contributed by atoms with Crippen LogP contribution in [0.25, 0.3) is 0 Å². The van der Waals surface area contributed by atoms with Crippen LogP contribution in [0, 0.1) is 6.92 Å². The van der Waals surface area contributed by atoms with Gasteiger partial charge in [-0.25, -0.2) is 9.59 Å². The third kappa shape index (κ3) is 8.47. The van der Waals surface area contributed by atoms with Gasteiger partial charge in [0, 0.05) is 13.0 Å². The second-order valence-electron chi connectivity index (χ2n) is 7.07. The van der Waals surface area contributed by atoms with Crippen LogP contribution in [-0.2, 0) is 32.1 Å². The Kier molecular flexibility index (Phi) is 9.51. The summed E-state index contributed by atoms with van der Waals surface area (Å²) in [6.07, 6.45) is -1.86. The number of methoxy groups -OCH3 is 1. The largest absolute Gasteiger partial charge is 0.467 e. The molecule has 0 unspecified atom stereocenters. The summed E-state index contributed by atoms with van der Waals surface area (Å²) in [4.78, 5) is 36.1. The van der Waals surface area contributed by atoms with E-state index >= 15 is 0 Å². The highest BCUT2D eigenvalue weighted by Gasteiger charge is 2.24. The first-order valence-corrected chi connectivity index (χ1v) is 9.93. The van der Waals surface area contributed by atoms with Gasteiger partial charge in [0.2, 0.25) is 5.91 Å². The molecule has 0 aliphatic rings. The van der Waals surface area contributed by atoms with Crippen molar-refractivity contribution in [1.29, 1.82) is 0 Å². The number of nitrogens with one attached hydrogen (secondary N) is 2. The van der Waals surface area contributed by atoms with Crippen LogP contribution < -0.4 is 10.6 Å². The van der Waals surface area contributed by atoms with E-state index in [1.54, 1.807) is 0 Å². The predicted molar refractivity (Wildman–Crippen MR) is 114 cm³/mol. The number of carbonyl (C=O) groups excluding carboxylic acids is 3. The zero-order valence-corrected chi connectivity index (χ0v) is 17.7. The number of benzene rings is 2. The summed E-state index contributed by atoms with van der Waals surface area (Å²) in [5.74, 6) is -1.11. The van der Waals surface area contributed by atoms with E-state index in [9.17, 15) is 19.5 Å². The Bertz CT molecular complexity index is 871. The molecular weight excluding hydrogens is 400 g/mol. The maximum atomic E-state index is 12.3. The Morgan fingerprint density at radius 3 is 2.39 bits per heavy atom. The van der Waals surface area contributed by atoms with Gasteiger partial charge in [-0.3, -0.25) is 4.79 Å². The highest BCUT2D eigenvalue weighted by molar-refractivity contribution is 5.85. The predicted octanol–water partition coefficient (Wildman–Crippen LogP) is 1.87. The summed E-state index contributed by atoms with van der Waals surface area (Å²) in [6.45, 7) is 1.85. The molecule has 0 radical (unpaired) electrons. The molecule has 8 nitrogen and oxygen atoms in total. The number of aliphatic hydroxyl groups excluding tert-OH is 1. The van der Waals surface area contributed by atoms with Crippen LogP contribution in [0.2, 0.25) is 0 Å². The molecule has 0 aliphatic carbocycles. The standard InChI is InChI=1S/C23H28N2O6/c1-16-8-6-7-11-18(16)12-20(22(28)30-2)25-21(27)13-19(26)14-24-23(29)31-15-17-9-4-3-5-10-17/h3-11,19-20,26H,12-15H2,1-2H3,(H,24,29)(H,25,27)/t19-,20+/m1/s1. The molecule has 2 atom stereocenters. The number of aryl methyl sites for hydroxylation is 1. The smallest absolute Gasteiger partial charge is 0.407 e. The number of alkyl carbamates (subject to hydrolysis) is 1. The Labute approximate surface area is 181 Å². The van der Waals surface area contributed by atoms with Crippen molar-refractivity contribution in [3.63, 3.8) is 0 Å². The Hall–Kier alpha value is -3.39. The van der Waals surface area contributed by atoms with Crippen molar-refractivity contribution in [2.24, 2.45) is 0 Å². The minimum atomic E-state index is -1.14. The van der Waals surface area contributed by atoms with Gasteiger partial charge >= 0.3 is 12.1 Å². The van der Waals surface area contributed by atoms with Crippen molar-refractivity contribution in [2.75, 3.05) is 13.7 Å². The minimum Gasteiger partial charge on any atom is -0.467 e. The summed E-state index contributed by atoms with van der Waals surface area (Å²) < 4.78 is 9.83. The number of hydrogen-bond acceptors (Lipinski definition) is 6. The van der Waals surface area contributed by atoms with E-state index in [1.165, 1.54) is 7.11 Å². The summed E-state index contributed by atoms with van der Waals surface area (Å²) in [7, 11) is 1.25. The SMILES string of the molecule is COC(=O)[C@H](Cc1ccccc1C)NC(=O)C[C@@H](O)CNC(=O)OCc1ccccc1. The van der Waals surface area contributed by atoms with E-state index in [4.69, 9.17) is 9.47 Å². The van der Waals surface area contributed by atoms with Gasteiger partial charge in [-0.1, -0.05) is 54.6 Å². The van der Waals surface area contributed by atoms with Gasteiger partial charge in [0.25, 0.3) is 0 Å². The van der Waals surface area contributed by atoms with Crippen LogP contribution in [0.4, 0.5) is 4.79 Å². The molecule has 0 spiro atoms. The molecule has 0 saturated carbocycles. The third-order valence-electron chi connectivity index (χ3n) is 4.62. The zero-order valence-electron chi connectivity index (χ0n) is 17.7. The molecule has 2 rings (SSSR count). The van der Waals surface area contributed by atoms with Crippen LogP contribution in [0.3, 0.4) is 0 Å². The number of hydrogen-bond donors (Lipinski definition) is 3. The molecule has 0 bridgehead atoms. The maximum Gasteiger partial charge on any atom is 0.407 e. The molecule has 3 N–H and O–H groups in total. The van der Waals surface area contributed by atoms with Crippen LogP contribution in [-0.4, -0.2) is 48.9 Å². The van der Waals surface area contributed by atoms with Crippen molar-refractivity contribution in [1.82, 2.24) is 10.6 Å². The molecule has 0 fully saturated rings. The first-order valence-electron chi connectivity index (χ1n) is 9.93. The maximum absolute atomic E-state index is 12.3. The van der Waals surface area contributed by atoms with Gasteiger partial charge < -0.3 is 25.2 Å². The highest BCUT2D eigenvalue weighted by Crippen LogP contribution is 2.11. The Morgan fingerprint density at radius 2 is 1.71 bits per heavy atom. The second-order valence-corrected chi connectivity index (χ2v) is 7.07. The number of carbonyl (C=O) groups is 3. The summed E-state index contributed by atoms with van der Waals surface area (Å²) in [5.41, 5.74) is 2.73. The quantitative estimate of drug-likeness (QED) is 0.498.